The van der Waals surface area contributed by atoms with Crippen LogP contribution in [-0.2, 0) is 0 Å². The monoisotopic (exact) mass is 238 g/mol. The van der Waals surface area contributed by atoms with Gasteiger partial charge in [0.1, 0.15) is 11.6 Å². The van der Waals surface area contributed by atoms with Crippen LogP contribution in [0, 0.1) is 28.9 Å². The summed E-state index contributed by atoms with van der Waals surface area (Å²) in [5, 5.41) is 9.08. The largest absolute Gasteiger partial charge is 0.301 e. The maximum atomic E-state index is 13.7. The third-order valence-corrected chi connectivity index (χ3v) is 2.82. The molecule has 2 unspecified atom stereocenters. The van der Waals surface area contributed by atoms with Crippen molar-refractivity contribution in [3.63, 3.8) is 0 Å². The maximum Gasteiger partial charge on any atom is 0.130 e. The van der Waals surface area contributed by atoms with E-state index in [4.69, 9.17) is 5.26 Å². The number of rotatable bonds is 4. The van der Waals surface area contributed by atoms with Crippen molar-refractivity contribution in [3.8, 4) is 6.07 Å². The van der Waals surface area contributed by atoms with Gasteiger partial charge in [-0.25, -0.2) is 8.78 Å². The molecule has 0 fully saturated rings. The van der Waals surface area contributed by atoms with Crippen molar-refractivity contribution >= 4 is 0 Å². The van der Waals surface area contributed by atoms with E-state index in [1.807, 2.05) is 6.92 Å². The molecule has 0 spiro atoms. The van der Waals surface area contributed by atoms with Crippen LogP contribution in [0.15, 0.2) is 18.2 Å². The standard InChI is InChI=1S/C13H16F2N2/c1-4-9(8-16)13(17(2)3)11-6-5-10(14)7-12(11)15/h5-7,9,13H,4H2,1-3H3. The predicted octanol–water partition coefficient (Wildman–Crippen LogP) is 3.12. The first-order chi connectivity index (χ1) is 8.01. The number of nitrogens with zero attached hydrogens (tertiary/aromatic N) is 2. The normalized spacial score (nSPS) is 14.4. The van der Waals surface area contributed by atoms with Crippen LogP contribution in [0.25, 0.3) is 0 Å². The molecule has 1 rings (SSSR count). The third kappa shape index (κ3) is 3.01. The zero-order valence-electron chi connectivity index (χ0n) is 10.2. The number of halogens is 2. The average Bonchev–Trinajstić information content (AvgIpc) is 2.26. The molecular weight excluding hydrogens is 222 g/mol. The van der Waals surface area contributed by atoms with Gasteiger partial charge in [-0.3, -0.25) is 0 Å². The van der Waals surface area contributed by atoms with Gasteiger partial charge in [-0.05, 0) is 26.6 Å². The fourth-order valence-electron chi connectivity index (χ4n) is 1.98. The van der Waals surface area contributed by atoms with Crippen LogP contribution in [0.3, 0.4) is 0 Å². The average molecular weight is 238 g/mol. The van der Waals surface area contributed by atoms with Crippen molar-refractivity contribution in [1.82, 2.24) is 4.90 Å². The summed E-state index contributed by atoms with van der Waals surface area (Å²) >= 11 is 0. The lowest BCUT2D eigenvalue weighted by Gasteiger charge is -2.28. The van der Waals surface area contributed by atoms with Crippen molar-refractivity contribution < 1.29 is 8.78 Å². The molecular formula is C13H16F2N2. The first-order valence-electron chi connectivity index (χ1n) is 5.52. The molecule has 0 bridgehead atoms. The van der Waals surface area contributed by atoms with Crippen LogP contribution in [0.1, 0.15) is 24.9 Å². The second-order valence-electron chi connectivity index (χ2n) is 4.22. The Balaban J connectivity index is 3.19. The number of nitriles is 1. The van der Waals surface area contributed by atoms with Gasteiger partial charge in [0.2, 0.25) is 0 Å². The minimum Gasteiger partial charge on any atom is -0.301 e. The molecule has 0 radical (unpaired) electrons. The second kappa shape index (κ2) is 5.74. The summed E-state index contributed by atoms with van der Waals surface area (Å²) in [6, 6.07) is 5.31. The summed E-state index contributed by atoms with van der Waals surface area (Å²) in [6.45, 7) is 1.88. The van der Waals surface area contributed by atoms with Crippen LogP contribution in [0.4, 0.5) is 8.78 Å². The minimum absolute atomic E-state index is 0.315. The summed E-state index contributed by atoms with van der Waals surface area (Å²) in [6.07, 6.45) is 0.621. The maximum absolute atomic E-state index is 13.7. The van der Waals surface area contributed by atoms with Gasteiger partial charge < -0.3 is 4.90 Å². The Morgan fingerprint density at radius 2 is 2.00 bits per heavy atom. The van der Waals surface area contributed by atoms with Gasteiger partial charge in [-0.15, -0.1) is 0 Å². The molecule has 92 valence electrons. The first-order valence-corrected chi connectivity index (χ1v) is 5.52. The molecule has 1 aromatic rings. The number of benzene rings is 1. The van der Waals surface area contributed by atoms with E-state index in [9.17, 15) is 8.78 Å². The van der Waals surface area contributed by atoms with E-state index in [1.165, 1.54) is 12.1 Å². The fraction of sp³-hybridized carbons (Fsp3) is 0.462. The van der Waals surface area contributed by atoms with E-state index in [-0.39, 0.29) is 12.0 Å². The van der Waals surface area contributed by atoms with Gasteiger partial charge in [0.25, 0.3) is 0 Å². The highest BCUT2D eigenvalue weighted by Gasteiger charge is 2.26. The predicted molar refractivity (Wildman–Crippen MR) is 62.2 cm³/mol. The van der Waals surface area contributed by atoms with Gasteiger partial charge in [0.15, 0.2) is 0 Å². The molecule has 0 saturated heterocycles. The van der Waals surface area contributed by atoms with Gasteiger partial charge in [0, 0.05) is 11.6 Å². The molecule has 0 amide bonds. The lowest BCUT2D eigenvalue weighted by molar-refractivity contribution is 0.235. The SMILES string of the molecule is CCC(C#N)C(c1ccc(F)cc1F)N(C)C. The topological polar surface area (TPSA) is 27.0 Å². The molecule has 0 N–H and O–H groups in total. The van der Waals surface area contributed by atoms with E-state index in [2.05, 4.69) is 6.07 Å². The Kier molecular flexibility index (Phi) is 4.59. The lowest BCUT2D eigenvalue weighted by Crippen LogP contribution is -2.27. The molecule has 0 aliphatic heterocycles. The quantitative estimate of drug-likeness (QED) is 0.805. The van der Waals surface area contributed by atoms with Crippen molar-refractivity contribution in [2.75, 3.05) is 14.1 Å². The molecule has 0 aromatic heterocycles. The van der Waals surface area contributed by atoms with Gasteiger partial charge in [0.05, 0.1) is 18.0 Å². The van der Waals surface area contributed by atoms with Crippen molar-refractivity contribution in [2.45, 2.75) is 19.4 Å². The second-order valence-corrected chi connectivity index (χ2v) is 4.22. The van der Waals surface area contributed by atoms with Crippen molar-refractivity contribution in [2.24, 2.45) is 5.92 Å². The Bertz CT molecular complexity index is 424. The highest BCUT2D eigenvalue weighted by molar-refractivity contribution is 5.24. The number of hydrogen-bond acceptors (Lipinski definition) is 2. The third-order valence-electron chi connectivity index (χ3n) is 2.82. The molecule has 2 nitrogen and oxygen atoms in total. The van der Waals surface area contributed by atoms with Crippen LogP contribution in [0.2, 0.25) is 0 Å². The molecule has 0 aliphatic carbocycles. The zero-order valence-corrected chi connectivity index (χ0v) is 10.2. The highest BCUT2D eigenvalue weighted by Crippen LogP contribution is 2.30. The Hall–Kier alpha value is -1.47. The highest BCUT2D eigenvalue weighted by atomic mass is 19.1. The lowest BCUT2D eigenvalue weighted by atomic mass is 9.91. The molecule has 0 heterocycles. The molecule has 1 aromatic carbocycles. The number of hydrogen-bond donors (Lipinski definition) is 0. The Morgan fingerprint density at radius 1 is 1.35 bits per heavy atom. The van der Waals surface area contributed by atoms with E-state index in [1.54, 1.807) is 19.0 Å². The van der Waals surface area contributed by atoms with Gasteiger partial charge in [-0.1, -0.05) is 13.0 Å². The smallest absolute Gasteiger partial charge is 0.130 e. The van der Waals surface area contributed by atoms with Crippen LogP contribution < -0.4 is 0 Å². The Morgan fingerprint density at radius 3 is 2.41 bits per heavy atom. The summed E-state index contributed by atoms with van der Waals surface area (Å²) in [7, 11) is 3.57. The van der Waals surface area contributed by atoms with E-state index < -0.39 is 11.6 Å². The zero-order chi connectivity index (χ0) is 13.0. The molecule has 2 atom stereocenters. The first kappa shape index (κ1) is 13.6. The van der Waals surface area contributed by atoms with Crippen LogP contribution >= 0.6 is 0 Å². The molecule has 4 heteroatoms. The molecule has 0 aliphatic rings. The van der Waals surface area contributed by atoms with Crippen molar-refractivity contribution in [3.05, 3.63) is 35.4 Å². The summed E-state index contributed by atoms with van der Waals surface area (Å²) < 4.78 is 26.6. The van der Waals surface area contributed by atoms with Crippen LogP contribution in [-0.4, -0.2) is 19.0 Å². The van der Waals surface area contributed by atoms with E-state index >= 15 is 0 Å². The van der Waals surface area contributed by atoms with E-state index in [0.717, 1.165) is 6.07 Å². The summed E-state index contributed by atoms with van der Waals surface area (Å²) in [5.41, 5.74) is 0.366. The fourth-order valence-corrected chi connectivity index (χ4v) is 1.98. The Labute approximate surface area is 100 Å². The minimum atomic E-state index is -0.603. The van der Waals surface area contributed by atoms with Crippen LogP contribution in [0.5, 0.6) is 0 Å². The summed E-state index contributed by atoms with van der Waals surface area (Å²) in [5.74, 6) is -1.52. The van der Waals surface area contributed by atoms with Crippen molar-refractivity contribution in [1.29, 1.82) is 5.26 Å². The van der Waals surface area contributed by atoms with Gasteiger partial charge >= 0.3 is 0 Å². The molecule has 0 saturated carbocycles. The molecule has 17 heavy (non-hydrogen) atoms. The van der Waals surface area contributed by atoms with E-state index in [0.29, 0.717) is 12.0 Å². The van der Waals surface area contributed by atoms with Gasteiger partial charge in [-0.2, -0.15) is 5.26 Å². The summed E-state index contributed by atoms with van der Waals surface area (Å²) in [4.78, 5) is 1.79.